The van der Waals surface area contributed by atoms with E-state index in [9.17, 15) is 4.79 Å². The quantitative estimate of drug-likeness (QED) is 0.875. The molecule has 0 radical (unpaired) electrons. The number of rotatable bonds is 3. The fourth-order valence-electron chi connectivity index (χ4n) is 1.10. The topological polar surface area (TPSA) is 54.9 Å². The number of thiazole rings is 2. The van der Waals surface area contributed by atoms with Gasteiger partial charge < -0.3 is 0 Å². The predicted molar refractivity (Wildman–Crippen MR) is 66.5 cm³/mol. The van der Waals surface area contributed by atoms with Gasteiger partial charge in [-0.3, -0.25) is 10.1 Å². The highest BCUT2D eigenvalue weighted by molar-refractivity contribution is 7.14. The van der Waals surface area contributed by atoms with E-state index in [0.29, 0.717) is 15.9 Å². The minimum atomic E-state index is -0.171. The van der Waals surface area contributed by atoms with Crippen molar-refractivity contribution in [2.24, 2.45) is 0 Å². The van der Waals surface area contributed by atoms with Gasteiger partial charge in [0.2, 0.25) is 0 Å². The Labute approximate surface area is 105 Å². The van der Waals surface area contributed by atoms with Gasteiger partial charge in [0.1, 0.15) is 4.88 Å². The molecule has 7 heteroatoms. The van der Waals surface area contributed by atoms with Gasteiger partial charge in [-0.2, -0.15) is 0 Å². The molecular formula is C9H8ClN3OS2. The number of carbonyl (C=O) groups excluding carboxylic acids is 1. The number of amides is 1. The van der Waals surface area contributed by atoms with Crippen molar-refractivity contribution in [2.45, 2.75) is 12.8 Å². The largest absolute Gasteiger partial charge is 0.297 e. The summed E-state index contributed by atoms with van der Waals surface area (Å²) in [5.74, 6) is 0.182. The summed E-state index contributed by atoms with van der Waals surface area (Å²) in [4.78, 5) is 20.6. The molecule has 0 saturated carbocycles. The highest BCUT2D eigenvalue weighted by Crippen LogP contribution is 2.19. The molecule has 0 spiro atoms. The van der Waals surface area contributed by atoms with Crippen molar-refractivity contribution in [3.8, 4) is 0 Å². The number of aryl methyl sites for hydroxylation is 1. The predicted octanol–water partition coefficient (Wildman–Crippen LogP) is 2.90. The molecule has 2 heterocycles. The van der Waals surface area contributed by atoms with E-state index < -0.39 is 0 Å². The van der Waals surface area contributed by atoms with Gasteiger partial charge in [-0.05, 0) is 6.92 Å². The van der Waals surface area contributed by atoms with E-state index in [4.69, 9.17) is 11.6 Å². The number of nitrogens with one attached hydrogen (secondary N) is 1. The highest BCUT2D eigenvalue weighted by atomic mass is 35.5. The Bertz CT molecular complexity index is 508. The number of nitrogens with zero attached hydrogens (tertiary/aromatic N) is 2. The summed E-state index contributed by atoms with van der Waals surface area (Å²) in [6, 6.07) is 0. The number of hydrogen-bond acceptors (Lipinski definition) is 5. The van der Waals surface area contributed by atoms with E-state index in [1.165, 1.54) is 22.7 Å². The summed E-state index contributed by atoms with van der Waals surface area (Å²) < 4.78 is 0. The standard InChI is InChI=1S/C9H8ClN3OS2/c1-5-7(16-4-11-5)8(14)13-9-12-6(2-10)3-15-9/h3-4H,2H2,1H3,(H,12,13,14). The van der Waals surface area contributed by atoms with Crippen LogP contribution in [-0.2, 0) is 5.88 Å². The molecule has 1 amide bonds. The summed E-state index contributed by atoms with van der Waals surface area (Å²) in [5.41, 5.74) is 3.15. The van der Waals surface area contributed by atoms with Crippen molar-refractivity contribution < 1.29 is 4.79 Å². The number of hydrogen-bond donors (Lipinski definition) is 1. The third-order valence-corrected chi connectivity index (χ3v) is 3.87. The van der Waals surface area contributed by atoms with Gasteiger partial charge >= 0.3 is 0 Å². The maximum Gasteiger partial charge on any atom is 0.269 e. The van der Waals surface area contributed by atoms with E-state index >= 15 is 0 Å². The third-order valence-electron chi connectivity index (χ3n) is 1.86. The van der Waals surface area contributed by atoms with Crippen LogP contribution >= 0.6 is 34.3 Å². The fraction of sp³-hybridized carbons (Fsp3) is 0.222. The molecule has 84 valence electrons. The summed E-state index contributed by atoms with van der Waals surface area (Å²) in [7, 11) is 0. The van der Waals surface area contributed by atoms with Gasteiger partial charge in [0.05, 0.1) is 22.8 Å². The summed E-state index contributed by atoms with van der Waals surface area (Å²) in [6.45, 7) is 1.80. The van der Waals surface area contributed by atoms with Crippen molar-refractivity contribution in [3.05, 3.63) is 27.2 Å². The molecule has 2 aromatic rings. The van der Waals surface area contributed by atoms with Crippen LogP contribution in [0.2, 0.25) is 0 Å². The minimum Gasteiger partial charge on any atom is -0.297 e. The molecule has 0 saturated heterocycles. The van der Waals surface area contributed by atoms with E-state index in [-0.39, 0.29) is 5.91 Å². The Morgan fingerprint density at radius 2 is 2.38 bits per heavy atom. The zero-order valence-electron chi connectivity index (χ0n) is 8.36. The van der Waals surface area contributed by atoms with Crippen molar-refractivity contribution in [1.29, 1.82) is 0 Å². The zero-order valence-corrected chi connectivity index (χ0v) is 10.7. The van der Waals surface area contributed by atoms with Gasteiger partial charge in [0, 0.05) is 5.38 Å². The molecular weight excluding hydrogens is 266 g/mol. The fourth-order valence-corrected chi connectivity index (χ4v) is 2.73. The van der Waals surface area contributed by atoms with Crippen LogP contribution < -0.4 is 5.32 Å². The lowest BCUT2D eigenvalue weighted by atomic mass is 10.4. The average Bonchev–Trinajstić information content (AvgIpc) is 2.86. The second-order valence-corrected chi connectivity index (χ2v) is 4.98. The lowest BCUT2D eigenvalue weighted by Gasteiger charge is -1.98. The number of anilines is 1. The molecule has 2 aromatic heterocycles. The smallest absolute Gasteiger partial charge is 0.269 e. The molecule has 2 rings (SSSR count). The van der Waals surface area contributed by atoms with E-state index in [2.05, 4.69) is 15.3 Å². The van der Waals surface area contributed by atoms with Crippen molar-refractivity contribution >= 4 is 45.3 Å². The van der Waals surface area contributed by atoms with Gasteiger partial charge in [0.15, 0.2) is 5.13 Å². The first-order chi connectivity index (χ1) is 7.70. The first-order valence-electron chi connectivity index (χ1n) is 4.42. The SMILES string of the molecule is Cc1ncsc1C(=O)Nc1nc(CCl)cs1. The zero-order chi connectivity index (χ0) is 11.5. The molecule has 1 N–H and O–H groups in total. The summed E-state index contributed by atoms with van der Waals surface area (Å²) in [5, 5.41) is 5.11. The third kappa shape index (κ3) is 2.40. The normalized spacial score (nSPS) is 10.4. The van der Waals surface area contributed by atoms with Crippen LogP contribution in [0.1, 0.15) is 21.1 Å². The lowest BCUT2D eigenvalue weighted by Crippen LogP contribution is -2.11. The van der Waals surface area contributed by atoms with Crippen LogP contribution in [-0.4, -0.2) is 15.9 Å². The van der Waals surface area contributed by atoms with Crippen molar-refractivity contribution in [1.82, 2.24) is 9.97 Å². The minimum absolute atomic E-state index is 0.171. The molecule has 16 heavy (non-hydrogen) atoms. The second-order valence-electron chi connectivity index (χ2n) is 3.00. The van der Waals surface area contributed by atoms with Crippen LogP contribution in [0, 0.1) is 6.92 Å². The molecule has 0 bridgehead atoms. The molecule has 0 fully saturated rings. The van der Waals surface area contributed by atoms with Gasteiger partial charge in [-0.1, -0.05) is 0 Å². The first kappa shape index (κ1) is 11.5. The van der Waals surface area contributed by atoms with E-state index in [1.54, 1.807) is 12.4 Å². The Morgan fingerprint density at radius 1 is 1.56 bits per heavy atom. The van der Waals surface area contributed by atoms with Crippen molar-refractivity contribution in [2.75, 3.05) is 5.32 Å². The monoisotopic (exact) mass is 273 g/mol. The average molecular weight is 274 g/mol. The molecule has 0 aliphatic heterocycles. The lowest BCUT2D eigenvalue weighted by molar-refractivity contribution is 0.103. The van der Waals surface area contributed by atoms with E-state index in [0.717, 1.165) is 11.4 Å². The van der Waals surface area contributed by atoms with Gasteiger partial charge in [-0.15, -0.1) is 34.3 Å². The molecule has 0 aliphatic carbocycles. The maximum atomic E-state index is 11.8. The highest BCUT2D eigenvalue weighted by Gasteiger charge is 2.13. The van der Waals surface area contributed by atoms with Crippen LogP contribution in [0.15, 0.2) is 10.9 Å². The number of alkyl halides is 1. The Hall–Kier alpha value is -0.980. The number of halogens is 1. The maximum absolute atomic E-state index is 11.8. The Balaban J connectivity index is 2.11. The van der Waals surface area contributed by atoms with Crippen LogP contribution in [0.5, 0.6) is 0 Å². The van der Waals surface area contributed by atoms with Crippen LogP contribution in [0.25, 0.3) is 0 Å². The van der Waals surface area contributed by atoms with Gasteiger partial charge in [0.25, 0.3) is 5.91 Å². The molecule has 0 aromatic carbocycles. The Kier molecular flexibility index (Phi) is 3.52. The number of aromatic nitrogens is 2. The second kappa shape index (κ2) is 4.90. The molecule has 0 unspecified atom stereocenters. The van der Waals surface area contributed by atoms with Gasteiger partial charge in [-0.25, -0.2) is 9.97 Å². The molecule has 0 atom stereocenters. The summed E-state index contributed by atoms with van der Waals surface area (Å²) >= 11 is 8.30. The first-order valence-corrected chi connectivity index (χ1v) is 6.72. The van der Waals surface area contributed by atoms with Crippen molar-refractivity contribution in [3.63, 3.8) is 0 Å². The number of carbonyl (C=O) groups is 1. The summed E-state index contributed by atoms with van der Waals surface area (Å²) in [6.07, 6.45) is 0. The van der Waals surface area contributed by atoms with E-state index in [1.807, 2.05) is 5.38 Å². The molecule has 4 nitrogen and oxygen atoms in total. The van der Waals surface area contributed by atoms with Crippen LogP contribution in [0.3, 0.4) is 0 Å². The van der Waals surface area contributed by atoms with Crippen LogP contribution in [0.4, 0.5) is 5.13 Å². The Morgan fingerprint density at radius 3 is 2.94 bits per heavy atom. The molecule has 0 aliphatic rings.